The Kier molecular flexibility index (Phi) is 5.37. The number of hydrazone groups is 1. The molecule has 3 rings (SSSR count). The highest BCUT2D eigenvalue weighted by molar-refractivity contribution is 5.81. The molecule has 0 saturated carbocycles. The van der Waals surface area contributed by atoms with Gasteiger partial charge in [0.15, 0.2) is 0 Å². The zero-order chi connectivity index (χ0) is 18.5. The molecule has 1 saturated heterocycles. The third kappa shape index (κ3) is 3.94. The summed E-state index contributed by atoms with van der Waals surface area (Å²) in [6, 6.07) is 7.06. The first-order valence-electron chi connectivity index (χ1n) is 8.14. The van der Waals surface area contributed by atoms with Gasteiger partial charge in [-0.3, -0.25) is 19.4 Å². The number of hydrogen-bond acceptors (Lipinski definition) is 7. The van der Waals surface area contributed by atoms with Crippen molar-refractivity contribution in [1.82, 2.24) is 14.6 Å². The van der Waals surface area contributed by atoms with E-state index in [0.717, 1.165) is 10.1 Å². The van der Waals surface area contributed by atoms with Crippen LogP contribution in [0.25, 0.3) is 0 Å². The molecule has 1 aromatic heterocycles. The van der Waals surface area contributed by atoms with E-state index in [0.29, 0.717) is 32.1 Å². The van der Waals surface area contributed by atoms with Crippen LogP contribution in [0.3, 0.4) is 0 Å². The number of ether oxygens (including phenoxy) is 2. The van der Waals surface area contributed by atoms with E-state index >= 15 is 0 Å². The summed E-state index contributed by atoms with van der Waals surface area (Å²) in [6.45, 7) is 2.40. The molecule has 138 valence electrons. The summed E-state index contributed by atoms with van der Waals surface area (Å²) in [5, 5.41) is 16.4. The SMILES string of the molecule is COc1ccc(Cn2c(O)c(C=NN3CCOCC3)c(=O)[nH]c2=O)cc1. The lowest BCUT2D eigenvalue weighted by molar-refractivity contribution is 0.0396. The number of aromatic hydroxyl groups is 1. The maximum Gasteiger partial charge on any atom is 0.331 e. The molecule has 0 spiro atoms. The van der Waals surface area contributed by atoms with Crippen molar-refractivity contribution in [2.45, 2.75) is 6.54 Å². The molecule has 0 aliphatic carbocycles. The van der Waals surface area contributed by atoms with E-state index in [1.54, 1.807) is 36.4 Å². The van der Waals surface area contributed by atoms with Crippen molar-refractivity contribution >= 4 is 6.21 Å². The second-order valence-electron chi connectivity index (χ2n) is 5.74. The van der Waals surface area contributed by atoms with E-state index in [1.165, 1.54) is 6.21 Å². The number of nitrogens with zero attached hydrogens (tertiary/aromatic N) is 3. The number of H-pyrrole nitrogens is 1. The monoisotopic (exact) mass is 360 g/mol. The van der Waals surface area contributed by atoms with Crippen LogP contribution < -0.4 is 16.0 Å². The standard InChI is InChI=1S/C17H20N4O5/c1-25-13-4-2-12(3-5-13)11-21-16(23)14(15(22)19-17(21)24)10-18-20-6-8-26-9-7-20/h2-5,10,23H,6-9,11H2,1H3,(H,19,22,24). The Morgan fingerprint density at radius 3 is 2.62 bits per heavy atom. The summed E-state index contributed by atoms with van der Waals surface area (Å²) in [5.41, 5.74) is -0.668. The van der Waals surface area contributed by atoms with Crippen LogP contribution in [0, 0.1) is 0 Å². The fourth-order valence-corrected chi connectivity index (χ4v) is 2.56. The van der Waals surface area contributed by atoms with Crippen LogP contribution in [-0.2, 0) is 11.3 Å². The Balaban J connectivity index is 1.89. The average Bonchev–Trinajstić information content (AvgIpc) is 2.66. The van der Waals surface area contributed by atoms with Gasteiger partial charge in [-0.15, -0.1) is 0 Å². The number of nitrogens with one attached hydrogen (secondary N) is 1. The number of morpholine rings is 1. The molecule has 9 heteroatoms. The van der Waals surface area contributed by atoms with Crippen LogP contribution in [0.2, 0.25) is 0 Å². The molecule has 2 N–H and O–H groups in total. The van der Waals surface area contributed by atoms with Crippen molar-refractivity contribution in [2.75, 3.05) is 33.4 Å². The van der Waals surface area contributed by atoms with Crippen LogP contribution in [-0.4, -0.2) is 59.3 Å². The summed E-state index contributed by atoms with van der Waals surface area (Å²) in [5.74, 6) is 0.261. The van der Waals surface area contributed by atoms with E-state index < -0.39 is 17.1 Å². The van der Waals surface area contributed by atoms with Crippen LogP contribution in [0.1, 0.15) is 11.1 Å². The fraction of sp³-hybridized carbons (Fsp3) is 0.353. The lowest BCUT2D eigenvalue weighted by atomic mass is 10.2. The number of aromatic amines is 1. The minimum atomic E-state index is -0.688. The normalized spacial score (nSPS) is 14.7. The van der Waals surface area contributed by atoms with Crippen LogP contribution in [0.5, 0.6) is 11.6 Å². The minimum Gasteiger partial charge on any atom is -0.497 e. The van der Waals surface area contributed by atoms with Gasteiger partial charge >= 0.3 is 5.69 Å². The second-order valence-corrected chi connectivity index (χ2v) is 5.74. The summed E-state index contributed by atoms with van der Waals surface area (Å²) in [7, 11) is 1.56. The first-order chi connectivity index (χ1) is 12.6. The quantitative estimate of drug-likeness (QED) is 0.725. The minimum absolute atomic E-state index is 0.0652. The molecule has 0 bridgehead atoms. The lowest BCUT2D eigenvalue weighted by Gasteiger charge is -2.23. The zero-order valence-electron chi connectivity index (χ0n) is 14.3. The van der Waals surface area contributed by atoms with Gasteiger partial charge in [-0.1, -0.05) is 12.1 Å². The average molecular weight is 360 g/mol. The van der Waals surface area contributed by atoms with Crippen LogP contribution >= 0.6 is 0 Å². The van der Waals surface area contributed by atoms with Crippen LogP contribution in [0.15, 0.2) is 39.0 Å². The molecule has 2 heterocycles. The van der Waals surface area contributed by atoms with Gasteiger partial charge in [0.1, 0.15) is 11.3 Å². The molecule has 9 nitrogen and oxygen atoms in total. The number of rotatable bonds is 5. The van der Waals surface area contributed by atoms with Crippen molar-refractivity contribution in [3.8, 4) is 11.6 Å². The van der Waals surface area contributed by atoms with Crippen molar-refractivity contribution < 1.29 is 14.6 Å². The molecule has 0 radical (unpaired) electrons. The first kappa shape index (κ1) is 17.7. The highest BCUT2D eigenvalue weighted by Crippen LogP contribution is 2.15. The summed E-state index contributed by atoms with van der Waals surface area (Å²) in [6.07, 6.45) is 1.27. The van der Waals surface area contributed by atoms with Crippen LogP contribution in [0.4, 0.5) is 0 Å². The van der Waals surface area contributed by atoms with Gasteiger partial charge in [0.05, 0.1) is 46.2 Å². The van der Waals surface area contributed by atoms with Gasteiger partial charge in [-0.2, -0.15) is 5.10 Å². The van der Waals surface area contributed by atoms with Gasteiger partial charge in [-0.05, 0) is 17.7 Å². The lowest BCUT2D eigenvalue weighted by Crippen LogP contribution is -2.34. The van der Waals surface area contributed by atoms with E-state index in [4.69, 9.17) is 9.47 Å². The number of aromatic nitrogens is 2. The third-order valence-corrected chi connectivity index (χ3v) is 4.04. The Bertz CT molecular complexity index is 895. The molecular weight excluding hydrogens is 340 g/mol. The first-order valence-corrected chi connectivity index (χ1v) is 8.14. The number of methoxy groups -OCH3 is 1. The molecule has 0 amide bonds. The largest absolute Gasteiger partial charge is 0.497 e. The Morgan fingerprint density at radius 2 is 1.96 bits per heavy atom. The van der Waals surface area contributed by atoms with E-state index in [2.05, 4.69) is 10.1 Å². The predicted octanol–water partition coefficient (Wildman–Crippen LogP) is -0.0348. The van der Waals surface area contributed by atoms with Crippen molar-refractivity contribution in [3.05, 3.63) is 56.2 Å². The van der Waals surface area contributed by atoms with Crippen molar-refractivity contribution in [2.24, 2.45) is 5.10 Å². The molecule has 0 atom stereocenters. The fourth-order valence-electron chi connectivity index (χ4n) is 2.56. The number of benzene rings is 1. The smallest absolute Gasteiger partial charge is 0.331 e. The third-order valence-electron chi connectivity index (χ3n) is 4.04. The molecule has 1 aromatic carbocycles. The molecule has 2 aromatic rings. The van der Waals surface area contributed by atoms with Crippen molar-refractivity contribution in [3.63, 3.8) is 0 Å². The highest BCUT2D eigenvalue weighted by atomic mass is 16.5. The molecule has 1 aliphatic heterocycles. The van der Waals surface area contributed by atoms with E-state index in [9.17, 15) is 14.7 Å². The topological polar surface area (TPSA) is 109 Å². The summed E-state index contributed by atoms with van der Waals surface area (Å²) < 4.78 is 11.4. The molecular formula is C17H20N4O5. The Hall–Kier alpha value is -3.07. The predicted molar refractivity (Wildman–Crippen MR) is 95.1 cm³/mol. The van der Waals surface area contributed by atoms with Gasteiger partial charge < -0.3 is 14.6 Å². The maximum absolute atomic E-state index is 12.1. The maximum atomic E-state index is 12.1. The molecule has 1 fully saturated rings. The van der Waals surface area contributed by atoms with Gasteiger partial charge in [0, 0.05) is 0 Å². The Labute approximate surface area is 149 Å². The number of hydrogen-bond donors (Lipinski definition) is 2. The highest BCUT2D eigenvalue weighted by Gasteiger charge is 2.14. The van der Waals surface area contributed by atoms with Gasteiger partial charge in [0.2, 0.25) is 5.88 Å². The summed E-state index contributed by atoms with van der Waals surface area (Å²) >= 11 is 0. The van der Waals surface area contributed by atoms with E-state index in [1.807, 2.05) is 0 Å². The summed E-state index contributed by atoms with van der Waals surface area (Å²) in [4.78, 5) is 26.4. The van der Waals surface area contributed by atoms with E-state index in [-0.39, 0.29) is 12.1 Å². The molecule has 0 unspecified atom stereocenters. The van der Waals surface area contributed by atoms with Crippen molar-refractivity contribution in [1.29, 1.82) is 0 Å². The Morgan fingerprint density at radius 1 is 1.27 bits per heavy atom. The van der Waals surface area contributed by atoms with Gasteiger partial charge in [-0.25, -0.2) is 4.79 Å². The van der Waals surface area contributed by atoms with Gasteiger partial charge in [0.25, 0.3) is 5.56 Å². The molecule has 1 aliphatic rings. The molecule has 26 heavy (non-hydrogen) atoms. The second kappa shape index (κ2) is 7.87. The zero-order valence-corrected chi connectivity index (χ0v) is 14.3.